The van der Waals surface area contributed by atoms with Crippen LogP contribution in [-0.4, -0.2) is 0 Å². The lowest BCUT2D eigenvalue weighted by atomic mass is 9.78. The van der Waals surface area contributed by atoms with E-state index in [1.807, 2.05) is 0 Å². The Morgan fingerprint density at radius 2 is 2.18 bits per heavy atom. The fourth-order valence-electron chi connectivity index (χ4n) is 2.10. The van der Waals surface area contributed by atoms with Crippen molar-refractivity contribution in [2.45, 2.75) is 46.0 Å². The van der Waals surface area contributed by atoms with Gasteiger partial charge in [-0.05, 0) is 37.5 Å². The molecule has 0 nitrogen and oxygen atoms in total. The van der Waals surface area contributed by atoms with Crippen molar-refractivity contribution in [3.8, 4) is 0 Å². The normalized spacial score (nSPS) is 32.4. The van der Waals surface area contributed by atoms with Crippen LogP contribution < -0.4 is 0 Å². The van der Waals surface area contributed by atoms with Gasteiger partial charge in [-0.15, -0.1) is 0 Å². The van der Waals surface area contributed by atoms with Crippen LogP contribution in [0.3, 0.4) is 0 Å². The van der Waals surface area contributed by atoms with E-state index in [0.717, 1.165) is 11.8 Å². The summed E-state index contributed by atoms with van der Waals surface area (Å²) in [6.45, 7) is 8.77. The average molecular weight is 152 g/mol. The first-order valence-corrected chi connectivity index (χ1v) is 4.91. The van der Waals surface area contributed by atoms with Gasteiger partial charge in [-0.2, -0.15) is 0 Å². The van der Waals surface area contributed by atoms with Crippen molar-refractivity contribution in [3.63, 3.8) is 0 Å². The van der Waals surface area contributed by atoms with Crippen LogP contribution in [0.15, 0.2) is 12.2 Å². The van der Waals surface area contributed by atoms with E-state index in [9.17, 15) is 0 Å². The maximum absolute atomic E-state index is 4.16. The van der Waals surface area contributed by atoms with Crippen LogP contribution in [0.5, 0.6) is 0 Å². The highest BCUT2D eigenvalue weighted by Crippen LogP contribution is 2.34. The molecular weight excluding hydrogens is 132 g/mol. The quantitative estimate of drug-likeness (QED) is 0.528. The summed E-state index contributed by atoms with van der Waals surface area (Å²) in [7, 11) is 0. The summed E-state index contributed by atoms with van der Waals surface area (Å²) in [5.74, 6) is 1.76. The highest BCUT2D eigenvalue weighted by Gasteiger charge is 2.20. The molecule has 0 aromatic rings. The van der Waals surface area contributed by atoms with Gasteiger partial charge in [0.2, 0.25) is 0 Å². The summed E-state index contributed by atoms with van der Waals surface area (Å²) < 4.78 is 0. The van der Waals surface area contributed by atoms with E-state index < -0.39 is 0 Å². The van der Waals surface area contributed by atoms with Crippen LogP contribution in [-0.2, 0) is 0 Å². The Hall–Kier alpha value is -0.260. The second kappa shape index (κ2) is 3.94. The van der Waals surface area contributed by atoms with Crippen LogP contribution in [0.25, 0.3) is 0 Å². The van der Waals surface area contributed by atoms with Gasteiger partial charge in [-0.1, -0.05) is 32.4 Å². The molecule has 0 heterocycles. The molecule has 0 saturated heterocycles. The van der Waals surface area contributed by atoms with E-state index in [0.29, 0.717) is 0 Å². The lowest BCUT2D eigenvalue weighted by molar-refractivity contribution is 0.355. The average Bonchev–Trinajstić information content (AvgIpc) is 1.95. The molecule has 0 N–H and O–H groups in total. The molecular formula is C11H20. The van der Waals surface area contributed by atoms with Crippen molar-refractivity contribution < 1.29 is 0 Å². The Labute approximate surface area is 70.7 Å². The fraction of sp³-hybridized carbons (Fsp3) is 0.818. The summed E-state index contributed by atoms with van der Waals surface area (Å²) in [4.78, 5) is 0. The highest BCUT2D eigenvalue weighted by atomic mass is 14.3. The summed E-state index contributed by atoms with van der Waals surface area (Å²) in [5, 5.41) is 0. The van der Waals surface area contributed by atoms with Crippen molar-refractivity contribution in [2.75, 3.05) is 0 Å². The zero-order chi connectivity index (χ0) is 8.27. The van der Waals surface area contributed by atoms with Gasteiger partial charge < -0.3 is 0 Å². The molecule has 0 aliphatic heterocycles. The molecule has 1 saturated carbocycles. The van der Waals surface area contributed by atoms with E-state index in [-0.39, 0.29) is 0 Å². The highest BCUT2D eigenvalue weighted by molar-refractivity contribution is 5.04. The van der Waals surface area contributed by atoms with Crippen LogP contribution >= 0.6 is 0 Å². The number of rotatable bonds is 2. The largest absolute Gasteiger partial charge is 0.0996 e. The smallest absolute Gasteiger partial charge is 0.0206 e. The molecule has 1 aliphatic carbocycles. The van der Waals surface area contributed by atoms with Crippen LogP contribution in [0, 0.1) is 11.8 Å². The molecule has 0 aromatic carbocycles. The first-order chi connectivity index (χ1) is 5.24. The van der Waals surface area contributed by atoms with E-state index in [1.165, 1.54) is 37.7 Å². The SMILES string of the molecule is C=C1CC(C)CCC1CCC. The molecule has 0 bridgehead atoms. The second-order valence-corrected chi connectivity index (χ2v) is 4.03. The predicted octanol–water partition coefficient (Wildman–Crippen LogP) is 3.78. The van der Waals surface area contributed by atoms with Gasteiger partial charge in [-0.3, -0.25) is 0 Å². The van der Waals surface area contributed by atoms with Gasteiger partial charge in [0.1, 0.15) is 0 Å². The first-order valence-electron chi connectivity index (χ1n) is 4.91. The number of hydrogen-bond donors (Lipinski definition) is 0. The third-order valence-electron chi connectivity index (χ3n) is 2.83. The molecule has 1 aliphatic rings. The van der Waals surface area contributed by atoms with Crippen molar-refractivity contribution in [3.05, 3.63) is 12.2 Å². The van der Waals surface area contributed by atoms with Crippen LogP contribution in [0.2, 0.25) is 0 Å². The van der Waals surface area contributed by atoms with Gasteiger partial charge in [-0.25, -0.2) is 0 Å². The standard InChI is InChI=1S/C11H20/c1-4-5-11-7-6-9(2)8-10(11)3/h9,11H,3-8H2,1-2H3. The number of hydrogen-bond acceptors (Lipinski definition) is 0. The second-order valence-electron chi connectivity index (χ2n) is 4.03. The summed E-state index contributed by atoms with van der Waals surface area (Å²) in [6, 6.07) is 0. The van der Waals surface area contributed by atoms with Crippen molar-refractivity contribution in [1.29, 1.82) is 0 Å². The Morgan fingerprint density at radius 3 is 2.73 bits per heavy atom. The summed E-state index contributed by atoms with van der Waals surface area (Å²) in [6.07, 6.45) is 6.78. The lowest BCUT2D eigenvalue weighted by Gasteiger charge is -2.28. The minimum absolute atomic E-state index is 0.858. The van der Waals surface area contributed by atoms with Gasteiger partial charge in [0.25, 0.3) is 0 Å². The molecule has 0 aromatic heterocycles. The maximum atomic E-state index is 4.16. The zero-order valence-electron chi connectivity index (χ0n) is 7.90. The minimum atomic E-state index is 0.858. The van der Waals surface area contributed by atoms with E-state index in [2.05, 4.69) is 20.4 Å². The summed E-state index contributed by atoms with van der Waals surface area (Å²) >= 11 is 0. The van der Waals surface area contributed by atoms with Gasteiger partial charge in [0.15, 0.2) is 0 Å². The topological polar surface area (TPSA) is 0 Å². The zero-order valence-corrected chi connectivity index (χ0v) is 7.90. The Kier molecular flexibility index (Phi) is 3.16. The van der Waals surface area contributed by atoms with E-state index in [4.69, 9.17) is 0 Å². The molecule has 2 unspecified atom stereocenters. The first kappa shape index (κ1) is 8.83. The van der Waals surface area contributed by atoms with Crippen LogP contribution in [0.4, 0.5) is 0 Å². The predicted molar refractivity (Wildman–Crippen MR) is 50.6 cm³/mol. The fourth-order valence-corrected chi connectivity index (χ4v) is 2.10. The molecule has 1 rings (SSSR count). The van der Waals surface area contributed by atoms with E-state index in [1.54, 1.807) is 0 Å². The Bertz CT molecular complexity index is 135. The Balaban J connectivity index is 2.38. The molecule has 64 valence electrons. The molecule has 2 atom stereocenters. The van der Waals surface area contributed by atoms with Crippen LogP contribution in [0.1, 0.15) is 46.0 Å². The third-order valence-corrected chi connectivity index (χ3v) is 2.83. The molecule has 0 amide bonds. The van der Waals surface area contributed by atoms with Gasteiger partial charge in [0, 0.05) is 0 Å². The molecule has 0 spiro atoms. The molecule has 11 heavy (non-hydrogen) atoms. The number of allylic oxidation sites excluding steroid dienone is 1. The third kappa shape index (κ3) is 2.36. The summed E-state index contributed by atoms with van der Waals surface area (Å²) in [5.41, 5.74) is 1.52. The maximum Gasteiger partial charge on any atom is -0.0206 e. The lowest BCUT2D eigenvalue weighted by Crippen LogP contribution is -2.14. The van der Waals surface area contributed by atoms with Crippen molar-refractivity contribution >= 4 is 0 Å². The minimum Gasteiger partial charge on any atom is -0.0996 e. The van der Waals surface area contributed by atoms with Crippen molar-refractivity contribution in [1.82, 2.24) is 0 Å². The molecule has 0 radical (unpaired) electrons. The molecule has 0 heteroatoms. The molecule has 1 fully saturated rings. The van der Waals surface area contributed by atoms with E-state index >= 15 is 0 Å². The van der Waals surface area contributed by atoms with Gasteiger partial charge in [0.05, 0.1) is 0 Å². The Morgan fingerprint density at radius 1 is 1.45 bits per heavy atom. The van der Waals surface area contributed by atoms with Crippen molar-refractivity contribution in [2.24, 2.45) is 11.8 Å². The monoisotopic (exact) mass is 152 g/mol. The van der Waals surface area contributed by atoms with Gasteiger partial charge >= 0.3 is 0 Å².